The van der Waals surface area contributed by atoms with Crippen LogP contribution in [0.4, 0.5) is 5.69 Å². The van der Waals surface area contributed by atoms with Crippen LogP contribution >= 0.6 is 39.0 Å². The second-order valence-electron chi connectivity index (χ2n) is 7.66. The van der Waals surface area contributed by atoms with Crippen LogP contribution in [0, 0.1) is 27.7 Å². The van der Waals surface area contributed by atoms with Gasteiger partial charge in [0.05, 0.1) is 22.5 Å². The normalized spacial score (nSPS) is 11.2. The van der Waals surface area contributed by atoms with E-state index in [9.17, 15) is 9.59 Å². The molecule has 4 aromatic rings. The molecule has 0 unspecified atom stereocenters. The first-order valence-electron chi connectivity index (χ1n) is 10.0. The molecule has 0 aliphatic rings. The summed E-state index contributed by atoms with van der Waals surface area (Å²) < 4.78 is 2.45. The number of rotatable bonds is 5. The molecule has 5 nitrogen and oxygen atoms in total. The number of aryl methyl sites for hydroxylation is 4. The second-order valence-corrected chi connectivity index (χ2v) is 10.7. The van der Waals surface area contributed by atoms with E-state index < -0.39 is 0 Å². The highest BCUT2D eigenvalue weighted by Crippen LogP contribution is 2.30. The van der Waals surface area contributed by atoms with Crippen LogP contribution in [0.3, 0.4) is 0 Å². The molecule has 164 valence electrons. The predicted octanol–water partition coefficient (Wildman–Crippen LogP) is 6.17. The molecule has 0 atom stereocenters. The van der Waals surface area contributed by atoms with Crippen LogP contribution < -0.4 is 10.9 Å². The summed E-state index contributed by atoms with van der Waals surface area (Å²) in [6.45, 7) is 7.93. The van der Waals surface area contributed by atoms with Gasteiger partial charge in [0.15, 0.2) is 5.16 Å². The Bertz CT molecular complexity index is 1410. The zero-order valence-corrected chi connectivity index (χ0v) is 21.4. The molecule has 0 aliphatic carbocycles. The fourth-order valence-corrected chi connectivity index (χ4v) is 5.88. The summed E-state index contributed by atoms with van der Waals surface area (Å²) in [5.74, 6) is -0.0313. The minimum Gasteiger partial charge on any atom is -0.324 e. The van der Waals surface area contributed by atoms with Gasteiger partial charge in [0.25, 0.3) is 5.56 Å². The van der Waals surface area contributed by atoms with E-state index >= 15 is 0 Å². The molecule has 2 aromatic heterocycles. The first-order chi connectivity index (χ1) is 15.2. The fourth-order valence-electron chi connectivity index (χ4n) is 3.40. The molecule has 0 bridgehead atoms. The van der Waals surface area contributed by atoms with Crippen molar-refractivity contribution in [1.29, 1.82) is 0 Å². The third-order valence-corrected chi connectivity index (χ3v) is 7.86. The maximum Gasteiger partial charge on any atom is 0.267 e. The van der Waals surface area contributed by atoms with Crippen molar-refractivity contribution in [1.82, 2.24) is 9.55 Å². The molecular weight excluding hydrogens is 506 g/mol. The third-order valence-electron chi connectivity index (χ3n) is 5.16. The molecule has 0 saturated carbocycles. The van der Waals surface area contributed by atoms with E-state index in [1.54, 1.807) is 4.57 Å². The van der Waals surface area contributed by atoms with Crippen molar-refractivity contribution in [2.75, 3.05) is 11.1 Å². The summed E-state index contributed by atoms with van der Waals surface area (Å²) in [4.78, 5) is 32.8. The van der Waals surface area contributed by atoms with Crippen molar-refractivity contribution < 1.29 is 4.79 Å². The van der Waals surface area contributed by atoms with Crippen LogP contribution in [0.15, 0.2) is 56.9 Å². The van der Waals surface area contributed by atoms with Gasteiger partial charge in [-0.15, -0.1) is 11.3 Å². The number of fused-ring (bicyclic) bond motifs is 1. The van der Waals surface area contributed by atoms with Gasteiger partial charge in [-0.1, -0.05) is 30.0 Å². The monoisotopic (exact) mass is 527 g/mol. The van der Waals surface area contributed by atoms with E-state index in [0.717, 1.165) is 31.7 Å². The summed E-state index contributed by atoms with van der Waals surface area (Å²) in [5, 5.41) is 4.07. The number of benzene rings is 2. The Morgan fingerprint density at radius 1 is 1.12 bits per heavy atom. The van der Waals surface area contributed by atoms with Crippen LogP contribution in [0.1, 0.15) is 21.6 Å². The third kappa shape index (κ3) is 4.53. The number of hydrogen-bond donors (Lipinski definition) is 1. The average molecular weight is 528 g/mol. The first-order valence-corrected chi connectivity index (χ1v) is 12.6. The maximum atomic E-state index is 13.5. The number of anilines is 1. The Kier molecular flexibility index (Phi) is 6.55. The second kappa shape index (κ2) is 9.21. The largest absolute Gasteiger partial charge is 0.324 e. The highest BCUT2D eigenvalue weighted by molar-refractivity contribution is 9.10. The molecule has 8 heteroatoms. The molecule has 2 aromatic carbocycles. The maximum absolute atomic E-state index is 13.5. The standard InChI is InChI=1S/C24H22BrN3O2S2/c1-13-6-5-7-17(10-13)28-23(30)21-15(3)16(4)32-22(21)27-24(28)31-12-20(29)26-19-9-8-14(2)11-18(19)25/h5-11H,12H2,1-4H3,(H,26,29). The Morgan fingerprint density at radius 2 is 1.88 bits per heavy atom. The van der Waals surface area contributed by atoms with E-state index in [2.05, 4.69) is 21.2 Å². The van der Waals surface area contributed by atoms with E-state index in [1.165, 1.54) is 23.1 Å². The van der Waals surface area contributed by atoms with E-state index in [4.69, 9.17) is 4.98 Å². The van der Waals surface area contributed by atoms with Crippen LogP contribution in [-0.4, -0.2) is 21.2 Å². The SMILES string of the molecule is Cc1cccc(-n2c(SCC(=O)Nc3ccc(C)cc3Br)nc3sc(C)c(C)c3c2=O)c1. The zero-order valence-electron chi connectivity index (χ0n) is 18.2. The smallest absolute Gasteiger partial charge is 0.267 e. The lowest BCUT2D eigenvalue weighted by atomic mass is 10.2. The van der Waals surface area contributed by atoms with E-state index in [1.807, 2.05) is 70.2 Å². The van der Waals surface area contributed by atoms with Crippen LogP contribution in [-0.2, 0) is 4.79 Å². The molecule has 32 heavy (non-hydrogen) atoms. The number of hydrogen-bond acceptors (Lipinski definition) is 5. The number of nitrogens with zero attached hydrogens (tertiary/aromatic N) is 2. The molecule has 4 rings (SSSR count). The molecule has 1 N–H and O–H groups in total. The van der Waals surface area contributed by atoms with Crippen molar-refractivity contribution in [3.63, 3.8) is 0 Å². The van der Waals surface area contributed by atoms with Gasteiger partial charge < -0.3 is 5.32 Å². The predicted molar refractivity (Wildman–Crippen MR) is 138 cm³/mol. The molecule has 0 radical (unpaired) electrons. The molecule has 0 saturated heterocycles. The number of halogens is 1. The van der Waals surface area contributed by atoms with Gasteiger partial charge in [0.2, 0.25) is 5.91 Å². The minimum atomic E-state index is -0.164. The van der Waals surface area contributed by atoms with Gasteiger partial charge in [-0.05, 0) is 84.6 Å². The van der Waals surface area contributed by atoms with Gasteiger partial charge in [0.1, 0.15) is 4.83 Å². The molecule has 0 spiro atoms. The number of amides is 1. The average Bonchev–Trinajstić information content (AvgIpc) is 3.02. The van der Waals surface area contributed by atoms with Crippen molar-refractivity contribution in [3.05, 3.63) is 78.9 Å². The van der Waals surface area contributed by atoms with E-state index in [0.29, 0.717) is 21.1 Å². The number of thioether (sulfide) groups is 1. The molecule has 2 heterocycles. The van der Waals surface area contributed by atoms with Crippen molar-refractivity contribution in [2.45, 2.75) is 32.9 Å². The van der Waals surface area contributed by atoms with Gasteiger partial charge in [0, 0.05) is 9.35 Å². The summed E-state index contributed by atoms with van der Waals surface area (Å²) in [6, 6.07) is 13.5. The molecule has 1 amide bonds. The van der Waals surface area contributed by atoms with Gasteiger partial charge in [-0.3, -0.25) is 14.2 Å². The Labute approximate surface area is 203 Å². The van der Waals surface area contributed by atoms with Crippen molar-refractivity contribution >= 4 is 60.8 Å². The van der Waals surface area contributed by atoms with E-state index in [-0.39, 0.29) is 17.2 Å². The van der Waals surface area contributed by atoms with Gasteiger partial charge in [-0.25, -0.2) is 4.98 Å². The lowest BCUT2D eigenvalue weighted by Crippen LogP contribution is -2.23. The summed E-state index contributed by atoms with van der Waals surface area (Å²) in [5.41, 5.74) is 4.46. The van der Waals surface area contributed by atoms with Crippen LogP contribution in [0.25, 0.3) is 15.9 Å². The van der Waals surface area contributed by atoms with Crippen LogP contribution in [0.5, 0.6) is 0 Å². The summed E-state index contributed by atoms with van der Waals surface area (Å²) >= 11 is 6.26. The van der Waals surface area contributed by atoms with Crippen molar-refractivity contribution in [3.8, 4) is 5.69 Å². The quantitative estimate of drug-likeness (QED) is 0.249. The minimum absolute atomic E-state index is 0.105. The zero-order chi connectivity index (χ0) is 23.0. The lowest BCUT2D eigenvalue weighted by Gasteiger charge is -2.13. The Hall–Kier alpha value is -2.42. The number of carbonyl (C=O) groups excluding carboxylic acids is 1. The van der Waals surface area contributed by atoms with Crippen LogP contribution in [0.2, 0.25) is 0 Å². The Balaban J connectivity index is 1.70. The number of thiophene rings is 1. The molecule has 0 fully saturated rings. The topological polar surface area (TPSA) is 64.0 Å². The summed E-state index contributed by atoms with van der Waals surface area (Å²) in [7, 11) is 0. The molecular formula is C24H22BrN3O2S2. The Morgan fingerprint density at radius 3 is 2.59 bits per heavy atom. The number of aromatic nitrogens is 2. The van der Waals surface area contributed by atoms with Gasteiger partial charge in [-0.2, -0.15) is 0 Å². The number of nitrogens with one attached hydrogen (secondary N) is 1. The van der Waals surface area contributed by atoms with Gasteiger partial charge >= 0.3 is 0 Å². The first kappa shape index (κ1) is 22.8. The highest BCUT2D eigenvalue weighted by Gasteiger charge is 2.19. The highest BCUT2D eigenvalue weighted by atomic mass is 79.9. The summed E-state index contributed by atoms with van der Waals surface area (Å²) in [6.07, 6.45) is 0. The molecule has 0 aliphatic heterocycles. The number of carbonyl (C=O) groups is 1. The fraction of sp³-hybridized carbons (Fsp3) is 0.208. The van der Waals surface area contributed by atoms with Crippen molar-refractivity contribution in [2.24, 2.45) is 0 Å². The lowest BCUT2D eigenvalue weighted by molar-refractivity contribution is -0.113.